The first kappa shape index (κ1) is 13.9. The molecule has 0 radical (unpaired) electrons. The Morgan fingerprint density at radius 3 is 2.57 bits per heavy atom. The highest BCUT2D eigenvalue weighted by Crippen LogP contribution is 2.28. The van der Waals surface area contributed by atoms with Gasteiger partial charge in [0.25, 0.3) is 0 Å². The highest BCUT2D eigenvalue weighted by atomic mass is 16.2. The van der Waals surface area contributed by atoms with Crippen molar-refractivity contribution in [2.24, 2.45) is 5.92 Å². The Morgan fingerprint density at radius 2 is 1.86 bits per heavy atom. The van der Waals surface area contributed by atoms with Gasteiger partial charge in [-0.25, -0.2) is 4.79 Å². The van der Waals surface area contributed by atoms with E-state index in [9.17, 15) is 9.59 Å². The summed E-state index contributed by atoms with van der Waals surface area (Å²) in [4.78, 5) is 27.9. The van der Waals surface area contributed by atoms with Crippen molar-refractivity contribution in [1.82, 2.24) is 9.80 Å². The number of rotatable bonds is 1. The molecule has 3 fully saturated rings. The number of nitrogens with one attached hydrogen (secondary N) is 1. The second-order valence-electron chi connectivity index (χ2n) is 5.97. The van der Waals surface area contributed by atoms with Crippen LogP contribution in [0.1, 0.15) is 19.8 Å². The molecule has 3 amide bonds. The van der Waals surface area contributed by atoms with Crippen LogP contribution in [0, 0.1) is 5.92 Å². The predicted octanol–water partition coefficient (Wildman–Crippen LogP) is 2.16. The lowest BCUT2D eigenvalue weighted by atomic mass is 9.95. The Morgan fingerprint density at radius 1 is 1.10 bits per heavy atom. The molecule has 2 bridgehead atoms. The van der Waals surface area contributed by atoms with Crippen LogP contribution in [0.15, 0.2) is 30.3 Å². The van der Waals surface area contributed by atoms with Crippen molar-refractivity contribution in [3.63, 3.8) is 0 Å². The van der Waals surface area contributed by atoms with E-state index >= 15 is 0 Å². The molecule has 0 spiro atoms. The van der Waals surface area contributed by atoms with Crippen LogP contribution in [0.5, 0.6) is 0 Å². The zero-order chi connectivity index (χ0) is 14.8. The summed E-state index contributed by atoms with van der Waals surface area (Å²) in [5, 5.41) is 2.95. The Balaban J connectivity index is 1.71. The van der Waals surface area contributed by atoms with Crippen molar-refractivity contribution >= 4 is 17.6 Å². The van der Waals surface area contributed by atoms with Gasteiger partial charge in [0.1, 0.15) is 0 Å². The largest absolute Gasteiger partial charge is 0.341 e. The van der Waals surface area contributed by atoms with Crippen LogP contribution in [0.3, 0.4) is 0 Å². The lowest BCUT2D eigenvalue weighted by Gasteiger charge is -2.35. The molecule has 1 aromatic rings. The fourth-order valence-electron chi connectivity index (χ4n) is 3.30. The molecule has 3 saturated heterocycles. The molecule has 1 N–H and O–H groups in total. The van der Waals surface area contributed by atoms with E-state index in [1.54, 1.807) is 6.92 Å². The fraction of sp³-hybridized carbons (Fsp3) is 0.500. The third-order valence-electron chi connectivity index (χ3n) is 4.44. The highest BCUT2D eigenvalue weighted by molar-refractivity contribution is 5.89. The normalized spacial score (nSPS) is 24.6. The quantitative estimate of drug-likeness (QED) is 0.860. The predicted molar refractivity (Wildman–Crippen MR) is 80.9 cm³/mol. The van der Waals surface area contributed by atoms with Gasteiger partial charge in [0, 0.05) is 32.2 Å². The second-order valence-corrected chi connectivity index (χ2v) is 5.97. The molecule has 3 aliphatic heterocycles. The molecule has 21 heavy (non-hydrogen) atoms. The summed E-state index contributed by atoms with van der Waals surface area (Å²) in [6, 6.07) is 9.58. The minimum atomic E-state index is -0.0543. The molecule has 0 unspecified atom stereocenters. The number of hydrogen-bond acceptors (Lipinski definition) is 2. The first-order valence-electron chi connectivity index (χ1n) is 7.51. The lowest BCUT2D eigenvalue weighted by Crippen LogP contribution is -2.49. The minimum absolute atomic E-state index is 0.0543. The van der Waals surface area contributed by atoms with Crippen molar-refractivity contribution < 1.29 is 9.59 Å². The summed E-state index contributed by atoms with van der Waals surface area (Å²) in [5.41, 5.74) is 0.811. The molecule has 112 valence electrons. The molecule has 5 nitrogen and oxygen atoms in total. The molecule has 1 aromatic carbocycles. The monoisotopic (exact) mass is 287 g/mol. The number of urea groups is 1. The van der Waals surface area contributed by atoms with E-state index in [4.69, 9.17) is 0 Å². The topological polar surface area (TPSA) is 52.7 Å². The van der Waals surface area contributed by atoms with Crippen molar-refractivity contribution in [2.75, 3.05) is 25.0 Å². The van der Waals surface area contributed by atoms with E-state index in [1.165, 1.54) is 0 Å². The number of nitrogens with zero attached hydrogens (tertiary/aromatic N) is 2. The van der Waals surface area contributed by atoms with Gasteiger partial charge >= 0.3 is 6.03 Å². The minimum Gasteiger partial charge on any atom is -0.341 e. The van der Waals surface area contributed by atoms with E-state index < -0.39 is 0 Å². The van der Waals surface area contributed by atoms with E-state index in [0.717, 1.165) is 31.6 Å². The maximum absolute atomic E-state index is 12.5. The number of amides is 3. The maximum atomic E-state index is 12.5. The Hall–Kier alpha value is -2.04. The number of anilines is 1. The van der Waals surface area contributed by atoms with Gasteiger partial charge < -0.3 is 15.1 Å². The lowest BCUT2D eigenvalue weighted by molar-refractivity contribution is -0.129. The zero-order valence-electron chi connectivity index (χ0n) is 12.3. The van der Waals surface area contributed by atoms with Gasteiger partial charge in [0.2, 0.25) is 5.91 Å². The summed E-state index contributed by atoms with van der Waals surface area (Å²) >= 11 is 0. The average molecular weight is 287 g/mol. The number of carbonyl (C=O) groups is 2. The zero-order valence-corrected chi connectivity index (χ0v) is 12.3. The third kappa shape index (κ3) is 3.01. The van der Waals surface area contributed by atoms with Crippen LogP contribution in [-0.4, -0.2) is 47.4 Å². The molecule has 0 aromatic heterocycles. The van der Waals surface area contributed by atoms with Gasteiger partial charge in [0.15, 0.2) is 0 Å². The molecular weight excluding hydrogens is 266 g/mol. The van der Waals surface area contributed by atoms with Crippen LogP contribution in [0.2, 0.25) is 0 Å². The Labute approximate surface area is 124 Å². The second kappa shape index (κ2) is 5.76. The fourth-order valence-corrected chi connectivity index (χ4v) is 3.30. The molecule has 3 heterocycles. The molecule has 0 saturated carbocycles. The van der Waals surface area contributed by atoms with Crippen molar-refractivity contribution in [3.8, 4) is 0 Å². The molecule has 2 atom stereocenters. The summed E-state index contributed by atoms with van der Waals surface area (Å²) in [6.45, 7) is 3.79. The summed E-state index contributed by atoms with van der Waals surface area (Å²) in [7, 11) is 0. The van der Waals surface area contributed by atoms with Gasteiger partial charge in [0.05, 0.1) is 6.04 Å². The summed E-state index contributed by atoms with van der Waals surface area (Å²) < 4.78 is 0. The number of fused-ring (bicyclic) bond motifs is 4. The number of benzene rings is 1. The SMILES string of the molecule is CC(=O)N1C[C@H]2CC[C@@H](C1)N(C(=O)Nc1ccccc1)C2. The van der Waals surface area contributed by atoms with Crippen LogP contribution < -0.4 is 5.32 Å². The van der Waals surface area contributed by atoms with Crippen LogP contribution >= 0.6 is 0 Å². The van der Waals surface area contributed by atoms with Gasteiger partial charge in [-0.3, -0.25) is 4.79 Å². The van der Waals surface area contributed by atoms with Crippen molar-refractivity contribution in [1.29, 1.82) is 0 Å². The number of hydrogen-bond donors (Lipinski definition) is 1. The standard InChI is InChI=1S/C16H21N3O2/c1-12(20)18-9-13-7-8-15(11-18)19(10-13)16(21)17-14-5-3-2-4-6-14/h2-6,13,15H,7-11H2,1H3,(H,17,21)/t13-,15+/m1/s1. The molecule has 5 heteroatoms. The number of piperidine rings is 1. The Bertz CT molecular complexity index is 532. The van der Waals surface area contributed by atoms with E-state index in [-0.39, 0.29) is 18.0 Å². The van der Waals surface area contributed by atoms with Gasteiger partial charge in [-0.1, -0.05) is 18.2 Å². The van der Waals surface area contributed by atoms with Gasteiger partial charge in [-0.2, -0.15) is 0 Å². The highest BCUT2D eigenvalue weighted by Gasteiger charge is 2.37. The molecule has 3 aliphatic rings. The van der Waals surface area contributed by atoms with E-state index in [2.05, 4.69) is 5.32 Å². The third-order valence-corrected chi connectivity index (χ3v) is 4.44. The average Bonchev–Trinajstić information content (AvgIpc) is 2.80. The number of carbonyl (C=O) groups excluding carboxylic acids is 2. The Kier molecular flexibility index (Phi) is 3.82. The smallest absolute Gasteiger partial charge is 0.322 e. The van der Waals surface area contributed by atoms with Crippen molar-refractivity contribution in [2.45, 2.75) is 25.8 Å². The van der Waals surface area contributed by atoms with Crippen LogP contribution in [0.4, 0.5) is 10.5 Å². The van der Waals surface area contributed by atoms with Crippen LogP contribution in [0.25, 0.3) is 0 Å². The summed E-state index contributed by atoms with van der Waals surface area (Å²) in [5.74, 6) is 0.506. The summed E-state index contributed by atoms with van der Waals surface area (Å²) in [6.07, 6.45) is 2.08. The van der Waals surface area contributed by atoms with Gasteiger partial charge in [-0.05, 0) is 30.9 Å². The number of para-hydroxylation sites is 1. The maximum Gasteiger partial charge on any atom is 0.322 e. The van der Waals surface area contributed by atoms with Crippen LogP contribution in [-0.2, 0) is 4.79 Å². The molecule has 4 rings (SSSR count). The molecular formula is C16H21N3O2. The first-order chi connectivity index (χ1) is 10.1. The van der Waals surface area contributed by atoms with Gasteiger partial charge in [-0.15, -0.1) is 0 Å². The van der Waals surface area contributed by atoms with Crippen molar-refractivity contribution in [3.05, 3.63) is 30.3 Å². The first-order valence-corrected chi connectivity index (χ1v) is 7.51. The van der Waals surface area contributed by atoms with E-state index in [0.29, 0.717) is 12.5 Å². The van der Waals surface area contributed by atoms with E-state index in [1.807, 2.05) is 40.1 Å². The molecule has 0 aliphatic carbocycles.